The maximum absolute atomic E-state index is 13.0. The summed E-state index contributed by atoms with van der Waals surface area (Å²) in [7, 11) is 0. The van der Waals surface area contributed by atoms with Crippen molar-refractivity contribution in [2.24, 2.45) is 0 Å². The highest BCUT2D eigenvalue weighted by molar-refractivity contribution is 5.94. The summed E-state index contributed by atoms with van der Waals surface area (Å²) in [5.41, 5.74) is 4.70. The molecule has 1 heterocycles. The van der Waals surface area contributed by atoms with E-state index < -0.39 is 5.97 Å². The fourth-order valence-corrected chi connectivity index (χ4v) is 3.84. The number of nitrogens with one attached hydrogen (secondary N) is 1. The Kier molecular flexibility index (Phi) is 5.34. The Hall–Kier alpha value is -3.86. The molecule has 1 atom stereocenters. The summed E-state index contributed by atoms with van der Waals surface area (Å²) in [4.78, 5) is 24.5. The zero-order valence-corrected chi connectivity index (χ0v) is 17.6. The van der Waals surface area contributed by atoms with Gasteiger partial charge in [0.2, 0.25) is 0 Å². The Morgan fingerprint density at radius 3 is 2.45 bits per heavy atom. The molecule has 0 radical (unpaired) electrons. The molecule has 0 amide bonds. The van der Waals surface area contributed by atoms with Crippen molar-refractivity contribution in [3.8, 4) is 11.3 Å². The summed E-state index contributed by atoms with van der Waals surface area (Å²) in [6.07, 6.45) is 0. The molecule has 0 bridgehead atoms. The van der Waals surface area contributed by atoms with Crippen molar-refractivity contribution in [1.29, 1.82) is 0 Å². The molecule has 4 rings (SSSR count). The predicted octanol–water partition coefficient (Wildman–Crippen LogP) is 5.95. The molecule has 5 nitrogen and oxygen atoms in total. The van der Waals surface area contributed by atoms with E-state index >= 15 is 0 Å². The first-order valence-corrected chi connectivity index (χ1v) is 10.1. The van der Waals surface area contributed by atoms with Crippen molar-refractivity contribution >= 4 is 22.6 Å². The fraction of sp³-hybridized carbons (Fsp3) is 0.154. The second-order valence-electron chi connectivity index (χ2n) is 7.74. The van der Waals surface area contributed by atoms with Gasteiger partial charge in [-0.2, -0.15) is 0 Å². The van der Waals surface area contributed by atoms with Gasteiger partial charge < -0.3 is 14.8 Å². The molecule has 0 unspecified atom stereocenters. The second kappa shape index (κ2) is 8.11. The summed E-state index contributed by atoms with van der Waals surface area (Å²) in [6, 6.07) is 19.5. The molecule has 3 aromatic carbocycles. The van der Waals surface area contributed by atoms with Gasteiger partial charge in [0.25, 0.3) is 0 Å². The van der Waals surface area contributed by atoms with E-state index in [0.29, 0.717) is 22.4 Å². The minimum Gasteiger partial charge on any atom is -0.478 e. The van der Waals surface area contributed by atoms with E-state index in [9.17, 15) is 14.7 Å². The van der Waals surface area contributed by atoms with Crippen LogP contribution in [0, 0.1) is 13.8 Å². The number of carboxylic acid groups (broad SMARTS) is 1. The average molecular weight is 413 g/mol. The lowest BCUT2D eigenvalue weighted by Crippen LogP contribution is -2.12. The van der Waals surface area contributed by atoms with E-state index in [4.69, 9.17) is 4.42 Å². The summed E-state index contributed by atoms with van der Waals surface area (Å²) < 4.78 is 6.28. The van der Waals surface area contributed by atoms with Gasteiger partial charge in [0.1, 0.15) is 11.3 Å². The molecule has 4 aromatic rings. The Balaban J connectivity index is 1.87. The van der Waals surface area contributed by atoms with Gasteiger partial charge in [0.05, 0.1) is 17.0 Å². The quantitative estimate of drug-likeness (QED) is 0.423. The topological polar surface area (TPSA) is 79.5 Å². The number of rotatable bonds is 5. The van der Waals surface area contributed by atoms with Gasteiger partial charge in [0, 0.05) is 22.9 Å². The molecule has 0 fully saturated rings. The number of benzene rings is 3. The Morgan fingerprint density at radius 1 is 1.00 bits per heavy atom. The van der Waals surface area contributed by atoms with Gasteiger partial charge in [-0.3, -0.25) is 4.79 Å². The molecule has 2 N–H and O–H groups in total. The highest BCUT2D eigenvalue weighted by atomic mass is 16.4. The van der Waals surface area contributed by atoms with Crippen molar-refractivity contribution in [2.45, 2.75) is 26.8 Å². The lowest BCUT2D eigenvalue weighted by molar-refractivity contribution is 0.0698. The highest BCUT2D eigenvalue weighted by Gasteiger charge is 2.18. The number of carboxylic acids is 1. The van der Waals surface area contributed by atoms with Crippen molar-refractivity contribution in [1.82, 2.24) is 0 Å². The molecule has 31 heavy (non-hydrogen) atoms. The highest BCUT2D eigenvalue weighted by Crippen LogP contribution is 2.32. The van der Waals surface area contributed by atoms with E-state index in [0.717, 1.165) is 22.3 Å². The summed E-state index contributed by atoms with van der Waals surface area (Å²) in [6.45, 7) is 5.82. The predicted molar refractivity (Wildman–Crippen MR) is 123 cm³/mol. The SMILES string of the molecule is Cc1cc([C@@H](C)Nc2ccccc2C(=O)O)c2oc(-c3ccccc3C)cc(=O)c2c1. The molecule has 156 valence electrons. The van der Waals surface area contributed by atoms with Gasteiger partial charge in [-0.15, -0.1) is 0 Å². The van der Waals surface area contributed by atoms with E-state index in [1.54, 1.807) is 24.3 Å². The molecule has 0 saturated carbocycles. The number of fused-ring (bicyclic) bond motifs is 1. The fourth-order valence-electron chi connectivity index (χ4n) is 3.84. The normalized spacial score (nSPS) is 12.0. The summed E-state index contributed by atoms with van der Waals surface area (Å²) in [5, 5.41) is 13.3. The molecule has 0 aliphatic carbocycles. The van der Waals surface area contributed by atoms with Crippen LogP contribution in [-0.4, -0.2) is 11.1 Å². The minimum absolute atomic E-state index is 0.109. The molecule has 0 aliphatic rings. The number of hydrogen-bond acceptors (Lipinski definition) is 4. The molecular formula is C26H23NO4. The standard InChI is InChI=1S/C26H23NO4/c1-15-12-20(17(3)27-22-11-7-6-10-19(22)26(29)30)25-21(13-15)23(28)14-24(31-25)18-9-5-4-8-16(18)2/h4-14,17,27H,1-3H3,(H,29,30)/t17-/m1/s1. The molecule has 0 aliphatic heterocycles. The molecular weight excluding hydrogens is 390 g/mol. The minimum atomic E-state index is -1.00. The van der Waals surface area contributed by atoms with Crippen molar-refractivity contribution in [3.05, 3.63) is 99.2 Å². The Labute approximate surface area is 180 Å². The maximum Gasteiger partial charge on any atom is 0.337 e. The Morgan fingerprint density at radius 2 is 1.71 bits per heavy atom. The average Bonchev–Trinajstić information content (AvgIpc) is 2.74. The molecule has 0 saturated heterocycles. The summed E-state index contributed by atoms with van der Waals surface area (Å²) >= 11 is 0. The first-order chi connectivity index (χ1) is 14.8. The van der Waals surface area contributed by atoms with E-state index in [1.807, 2.05) is 57.2 Å². The molecule has 0 spiro atoms. The number of aromatic carboxylic acids is 1. The monoisotopic (exact) mass is 413 g/mol. The number of hydrogen-bond donors (Lipinski definition) is 2. The van der Waals surface area contributed by atoms with Crippen LogP contribution in [0.3, 0.4) is 0 Å². The Bertz CT molecular complexity index is 1350. The number of anilines is 1. The number of para-hydroxylation sites is 1. The van der Waals surface area contributed by atoms with Gasteiger partial charge in [0.15, 0.2) is 5.43 Å². The van der Waals surface area contributed by atoms with Crippen LogP contribution < -0.4 is 10.7 Å². The second-order valence-corrected chi connectivity index (χ2v) is 7.74. The first-order valence-electron chi connectivity index (χ1n) is 10.1. The molecule has 5 heteroatoms. The first kappa shape index (κ1) is 20.4. The third-order valence-corrected chi connectivity index (χ3v) is 5.41. The zero-order valence-electron chi connectivity index (χ0n) is 17.6. The van der Waals surface area contributed by atoms with Crippen molar-refractivity contribution in [2.75, 3.05) is 5.32 Å². The largest absolute Gasteiger partial charge is 0.478 e. The van der Waals surface area contributed by atoms with Crippen LogP contribution in [0.1, 0.15) is 40.0 Å². The number of aryl methyl sites for hydroxylation is 2. The summed E-state index contributed by atoms with van der Waals surface area (Å²) in [5.74, 6) is -0.489. The third kappa shape index (κ3) is 3.94. The van der Waals surface area contributed by atoms with E-state index in [1.165, 1.54) is 6.07 Å². The van der Waals surface area contributed by atoms with E-state index in [-0.39, 0.29) is 17.0 Å². The van der Waals surface area contributed by atoms with Crippen LogP contribution in [0.2, 0.25) is 0 Å². The lowest BCUT2D eigenvalue weighted by atomic mass is 9.99. The van der Waals surface area contributed by atoms with Gasteiger partial charge in [-0.1, -0.05) is 42.5 Å². The van der Waals surface area contributed by atoms with Crippen LogP contribution in [0.4, 0.5) is 5.69 Å². The van der Waals surface area contributed by atoms with Crippen LogP contribution in [0.5, 0.6) is 0 Å². The van der Waals surface area contributed by atoms with Gasteiger partial charge in [-0.25, -0.2) is 4.79 Å². The zero-order chi connectivity index (χ0) is 22.1. The smallest absolute Gasteiger partial charge is 0.337 e. The van der Waals surface area contributed by atoms with Gasteiger partial charge in [-0.05, 0) is 50.1 Å². The maximum atomic E-state index is 13.0. The number of carbonyl (C=O) groups is 1. The van der Waals surface area contributed by atoms with Crippen LogP contribution in [0.15, 0.2) is 75.9 Å². The molecule has 1 aromatic heterocycles. The van der Waals surface area contributed by atoms with Crippen LogP contribution in [-0.2, 0) is 0 Å². The third-order valence-electron chi connectivity index (χ3n) is 5.41. The van der Waals surface area contributed by atoms with Crippen LogP contribution in [0.25, 0.3) is 22.3 Å². The van der Waals surface area contributed by atoms with E-state index in [2.05, 4.69) is 5.32 Å². The lowest BCUT2D eigenvalue weighted by Gasteiger charge is -2.19. The van der Waals surface area contributed by atoms with Crippen molar-refractivity contribution < 1.29 is 14.3 Å². The van der Waals surface area contributed by atoms with Gasteiger partial charge >= 0.3 is 5.97 Å². The van der Waals surface area contributed by atoms with Crippen molar-refractivity contribution in [3.63, 3.8) is 0 Å². The van der Waals surface area contributed by atoms with Crippen LogP contribution >= 0.6 is 0 Å².